The van der Waals surface area contributed by atoms with Crippen molar-refractivity contribution >= 4 is 34.5 Å². The Morgan fingerprint density at radius 1 is 1.03 bits per heavy atom. The Labute approximate surface area is 211 Å². The van der Waals surface area contributed by atoms with Crippen LogP contribution < -0.4 is 0 Å². The van der Waals surface area contributed by atoms with E-state index in [1.54, 1.807) is 0 Å². The summed E-state index contributed by atoms with van der Waals surface area (Å²) in [4.78, 5) is 47.3. The van der Waals surface area contributed by atoms with Gasteiger partial charge in [0.2, 0.25) is 0 Å². The zero-order valence-electron chi connectivity index (χ0n) is 19.9. The summed E-state index contributed by atoms with van der Waals surface area (Å²) in [5.41, 5.74) is 3.91. The van der Waals surface area contributed by atoms with Crippen LogP contribution in [-0.4, -0.2) is 39.4 Å². The standard InChI is InChI=1S/C28H23FN2O3.CO2/c1-17-9-11-18(12-10-17)25-24(26(32)19-5-4-6-21(29)15-19)27(33)28(34)31(25)14-13-20-16-30-23-8-3-2-7-22(20)23;2-1-3/h2-12,15-16,25,30,32H,13-14H2,1H3;. The molecule has 0 saturated carbocycles. The number of aliphatic hydroxyl groups excluding tert-OH is 1. The fourth-order valence-corrected chi connectivity index (χ4v) is 4.58. The number of hydrogen-bond donors (Lipinski definition) is 2. The lowest BCUT2D eigenvalue weighted by atomic mass is 9.94. The first-order valence-electron chi connectivity index (χ1n) is 11.5. The number of rotatable bonds is 5. The van der Waals surface area contributed by atoms with E-state index in [-0.39, 0.29) is 29.6 Å². The van der Waals surface area contributed by atoms with Crippen LogP contribution in [0.25, 0.3) is 16.7 Å². The van der Waals surface area contributed by atoms with E-state index < -0.39 is 23.5 Å². The summed E-state index contributed by atoms with van der Waals surface area (Å²) < 4.78 is 13.8. The number of fused-ring (bicyclic) bond motifs is 1. The van der Waals surface area contributed by atoms with Gasteiger partial charge in [-0.1, -0.05) is 60.2 Å². The quantitative estimate of drug-likeness (QED) is 0.236. The van der Waals surface area contributed by atoms with Crippen LogP contribution in [-0.2, 0) is 25.6 Å². The number of ketones is 1. The summed E-state index contributed by atoms with van der Waals surface area (Å²) in [7, 11) is 0. The number of halogens is 1. The minimum absolute atomic E-state index is 0.0293. The van der Waals surface area contributed by atoms with Gasteiger partial charge in [-0.05, 0) is 42.7 Å². The molecule has 1 aliphatic heterocycles. The largest absolute Gasteiger partial charge is 0.507 e. The third-order valence-electron chi connectivity index (χ3n) is 6.33. The maximum Gasteiger partial charge on any atom is 0.373 e. The minimum atomic E-state index is -0.772. The second kappa shape index (κ2) is 10.8. The highest BCUT2D eigenvalue weighted by Crippen LogP contribution is 2.39. The predicted molar refractivity (Wildman–Crippen MR) is 134 cm³/mol. The average molecular weight is 499 g/mol. The monoisotopic (exact) mass is 498 g/mol. The van der Waals surface area contributed by atoms with Crippen LogP contribution in [0.5, 0.6) is 0 Å². The molecule has 2 heterocycles. The van der Waals surface area contributed by atoms with E-state index in [9.17, 15) is 19.1 Å². The predicted octanol–water partition coefficient (Wildman–Crippen LogP) is 4.70. The van der Waals surface area contributed by atoms with Crippen molar-refractivity contribution in [3.63, 3.8) is 0 Å². The van der Waals surface area contributed by atoms with Crippen molar-refractivity contribution in [3.8, 4) is 0 Å². The fraction of sp³-hybridized carbons (Fsp3) is 0.138. The summed E-state index contributed by atoms with van der Waals surface area (Å²) in [6.07, 6.45) is 2.69. The summed E-state index contributed by atoms with van der Waals surface area (Å²) >= 11 is 0. The molecular formula is C29H23FN2O5. The number of Topliss-reactive ketones (excluding diaryl/α,β-unsaturated/α-hetero) is 1. The lowest BCUT2D eigenvalue weighted by Crippen LogP contribution is -2.31. The molecule has 5 rings (SSSR count). The third kappa shape index (κ3) is 5.10. The van der Waals surface area contributed by atoms with Gasteiger partial charge in [0.05, 0.1) is 11.6 Å². The van der Waals surface area contributed by atoms with E-state index >= 15 is 0 Å². The molecule has 37 heavy (non-hydrogen) atoms. The second-order valence-electron chi connectivity index (χ2n) is 8.61. The van der Waals surface area contributed by atoms with Gasteiger partial charge >= 0.3 is 6.15 Å². The molecule has 1 aromatic heterocycles. The number of nitrogens with zero attached hydrogens (tertiary/aromatic N) is 1. The lowest BCUT2D eigenvalue weighted by Gasteiger charge is -2.25. The van der Waals surface area contributed by atoms with E-state index in [2.05, 4.69) is 4.98 Å². The molecule has 1 saturated heterocycles. The number of amides is 1. The zero-order valence-corrected chi connectivity index (χ0v) is 19.9. The highest BCUT2D eigenvalue weighted by atomic mass is 19.1. The van der Waals surface area contributed by atoms with Gasteiger partial charge in [0.25, 0.3) is 11.7 Å². The Balaban J connectivity index is 0.00000102. The van der Waals surface area contributed by atoms with Gasteiger partial charge in [-0.15, -0.1) is 0 Å². The number of aryl methyl sites for hydroxylation is 1. The van der Waals surface area contributed by atoms with Crippen molar-refractivity contribution in [1.82, 2.24) is 9.88 Å². The van der Waals surface area contributed by atoms with Crippen LogP contribution >= 0.6 is 0 Å². The number of H-pyrrole nitrogens is 1. The number of para-hydroxylation sites is 1. The first-order chi connectivity index (χ1) is 17.8. The van der Waals surface area contributed by atoms with Crippen LogP contribution in [0.3, 0.4) is 0 Å². The van der Waals surface area contributed by atoms with E-state index in [1.165, 1.54) is 23.1 Å². The van der Waals surface area contributed by atoms with Crippen molar-refractivity contribution in [2.45, 2.75) is 19.4 Å². The topological polar surface area (TPSA) is 108 Å². The number of aromatic nitrogens is 1. The molecule has 0 spiro atoms. The van der Waals surface area contributed by atoms with Gasteiger partial charge < -0.3 is 15.0 Å². The molecule has 0 bridgehead atoms. The summed E-state index contributed by atoms with van der Waals surface area (Å²) in [5, 5.41) is 12.1. The van der Waals surface area contributed by atoms with Gasteiger partial charge in [0.1, 0.15) is 11.6 Å². The van der Waals surface area contributed by atoms with Crippen molar-refractivity contribution < 1.29 is 28.7 Å². The van der Waals surface area contributed by atoms with Crippen molar-refractivity contribution in [2.75, 3.05) is 6.54 Å². The van der Waals surface area contributed by atoms with Gasteiger partial charge in [-0.2, -0.15) is 9.59 Å². The number of carbonyl (C=O) groups is 2. The first kappa shape index (κ1) is 25.3. The van der Waals surface area contributed by atoms with E-state index in [4.69, 9.17) is 9.59 Å². The molecule has 1 unspecified atom stereocenters. The molecule has 1 aliphatic rings. The molecule has 7 nitrogen and oxygen atoms in total. The van der Waals surface area contributed by atoms with Crippen LogP contribution in [0.1, 0.15) is 28.3 Å². The van der Waals surface area contributed by atoms with E-state index in [0.29, 0.717) is 12.0 Å². The number of carbonyl (C=O) groups excluding carboxylic acids is 4. The molecule has 1 fully saturated rings. The van der Waals surface area contributed by atoms with Crippen molar-refractivity contribution in [2.24, 2.45) is 0 Å². The lowest BCUT2D eigenvalue weighted by molar-refractivity contribution is -0.191. The normalized spacial score (nSPS) is 16.4. The number of aliphatic hydroxyl groups is 1. The van der Waals surface area contributed by atoms with Crippen molar-refractivity contribution in [1.29, 1.82) is 0 Å². The minimum Gasteiger partial charge on any atom is -0.507 e. The number of benzene rings is 3. The molecule has 1 amide bonds. The van der Waals surface area contributed by atoms with E-state index in [0.717, 1.165) is 28.1 Å². The molecule has 2 N–H and O–H groups in total. The van der Waals surface area contributed by atoms with E-state index in [1.807, 2.05) is 61.7 Å². The van der Waals surface area contributed by atoms with Gasteiger partial charge in [-0.3, -0.25) is 9.59 Å². The molecule has 4 aromatic rings. The Bertz CT molecular complexity index is 1530. The molecule has 3 aromatic carbocycles. The Kier molecular flexibility index (Phi) is 7.41. The highest BCUT2D eigenvalue weighted by Gasteiger charge is 2.45. The third-order valence-corrected chi connectivity index (χ3v) is 6.33. The maximum atomic E-state index is 13.8. The van der Waals surface area contributed by atoms with Crippen LogP contribution in [0.4, 0.5) is 4.39 Å². The Morgan fingerprint density at radius 3 is 2.43 bits per heavy atom. The van der Waals surface area contributed by atoms with Crippen LogP contribution in [0, 0.1) is 12.7 Å². The zero-order chi connectivity index (χ0) is 26.5. The Morgan fingerprint density at radius 2 is 1.73 bits per heavy atom. The fourth-order valence-electron chi connectivity index (χ4n) is 4.58. The Hall–Kier alpha value is -4.81. The number of nitrogens with one attached hydrogen (secondary N) is 1. The second-order valence-corrected chi connectivity index (χ2v) is 8.61. The molecular weight excluding hydrogens is 475 g/mol. The molecule has 1 atom stereocenters. The number of hydrogen-bond acceptors (Lipinski definition) is 5. The smallest absolute Gasteiger partial charge is 0.373 e. The first-order valence-corrected chi connectivity index (χ1v) is 11.5. The molecule has 8 heteroatoms. The molecule has 0 aliphatic carbocycles. The number of aromatic amines is 1. The SMILES string of the molecule is Cc1ccc(C2C(=C(O)c3cccc(F)c3)C(=O)C(=O)N2CCc2c[nH]c3ccccc23)cc1.O=C=O. The maximum absolute atomic E-state index is 13.8. The molecule has 0 radical (unpaired) electrons. The number of likely N-dealkylation sites (tertiary alicyclic amines) is 1. The summed E-state index contributed by atoms with van der Waals surface area (Å²) in [6.45, 7) is 2.23. The average Bonchev–Trinajstić information content (AvgIpc) is 3.42. The van der Waals surface area contributed by atoms with Gasteiger partial charge in [0, 0.05) is 29.2 Å². The summed E-state index contributed by atoms with van der Waals surface area (Å²) in [5.74, 6) is -2.36. The highest BCUT2D eigenvalue weighted by molar-refractivity contribution is 6.46. The van der Waals surface area contributed by atoms with Gasteiger partial charge in [-0.25, -0.2) is 4.39 Å². The van der Waals surface area contributed by atoms with Gasteiger partial charge in [0.15, 0.2) is 0 Å². The molecule has 186 valence electrons. The van der Waals surface area contributed by atoms with Crippen molar-refractivity contribution in [3.05, 3.63) is 113 Å². The van der Waals surface area contributed by atoms with Crippen LogP contribution in [0.2, 0.25) is 0 Å². The summed E-state index contributed by atoms with van der Waals surface area (Å²) in [6, 6.07) is 20.0. The van der Waals surface area contributed by atoms with Crippen LogP contribution in [0.15, 0.2) is 84.6 Å².